The van der Waals surface area contributed by atoms with Gasteiger partial charge in [-0.2, -0.15) is 0 Å². The highest BCUT2D eigenvalue weighted by molar-refractivity contribution is 5.60. The van der Waals surface area contributed by atoms with E-state index in [1.54, 1.807) is 6.33 Å². The number of aromatic nitrogens is 2. The molecule has 2 heterocycles. The maximum absolute atomic E-state index is 5.66. The lowest BCUT2D eigenvalue weighted by Crippen LogP contribution is -2.23. The molecule has 82 valence electrons. The second-order valence-electron chi connectivity index (χ2n) is 3.88. The highest BCUT2D eigenvalue weighted by atomic mass is 16.7. The molecular formula is C12H12N2O2. The molecular weight excluding hydrogens is 204 g/mol. The van der Waals surface area contributed by atoms with Gasteiger partial charge in [0, 0.05) is 5.56 Å². The molecule has 0 aromatic heterocycles. The van der Waals surface area contributed by atoms with Gasteiger partial charge in [-0.15, -0.1) is 0 Å². The van der Waals surface area contributed by atoms with Crippen molar-refractivity contribution < 1.29 is 9.47 Å². The third kappa shape index (κ3) is 1.38. The Morgan fingerprint density at radius 3 is 2.69 bits per heavy atom. The summed E-state index contributed by atoms with van der Waals surface area (Å²) in [7, 11) is 0. The van der Waals surface area contributed by atoms with Gasteiger partial charge in [0.25, 0.3) is 0 Å². The van der Waals surface area contributed by atoms with Crippen LogP contribution in [-0.2, 0) is 15.3 Å². The van der Waals surface area contributed by atoms with Gasteiger partial charge >= 0.3 is 0 Å². The predicted octanol–water partition coefficient (Wildman–Crippen LogP) is 1.80. The van der Waals surface area contributed by atoms with Gasteiger partial charge in [0.1, 0.15) is 6.33 Å². The average Bonchev–Trinajstić information content (AvgIpc) is 2.85. The second kappa shape index (κ2) is 3.50. The van der Waals surface area contributed by atoms with Crippen LogP contribution in [0.3, 0.4) is 0 Å². The van der Waals surface area contributed by atoms with Crippen LogP contribution >= 0.6 is 0 Å². The van der Waals surface area contributed by atoms with E-state index in [9.17, 15) is 0 Å². The van der Waals surface area contributed by atoms with E-state index < -0.39 is 5.79 Å². The van der Waals surface area contributed by atoms with Crippen LogP contribution < -0.4 is 0 Å². The zero-order chi connectivity index (χ0) is 11.0. The van der Waals surface area contributed by atoms with Crippen molar-refractivity contribution in [3.63, 3.8) is 0 Å². The van der Waals surface area contributed by atoms with E-state index in [-0.39, 0.29) is 0 Å². The highest BCUT2D eigenvalue weighted by Gasteiger charge is 2.36. The van der Waals surface area contributed by atoms with Crippen LogP contribution in [0.2, 0.25) is 0 Å². The predicted molar refractivity (Wildman–Crippen MR) is 57.9 cm³/mol. The molecule has 0 unspecified atom stereocenters. The molecule has 3 rings (SSSR count). The minimum absolute atomic E-state index is 0.616. The monoisotopic (exact) mass is 216 g/mol. The molecule has 4 nitrogen and oxygen atoms in total. The fraction of sp³-hybridized carbons (Fsp3) is 0.333. The van der Waals surface area contributed by atoms with Gasteiger partial charge < -0.3 is 9.47 Å². The smallest absolute Gasteiger partial charge is 0.194 e. The molecule has 0 radical (unpaired) electrons. The summed E-state index contributed by atoms with van der Waals surface area (Å²) in [5, 5.41) is 0. The number of imidazole rings is 1. The summed E-state index contributed by atoms with van der Waals surface area (Å²) in [6, 6.07) is 7.81. The molecule has 1 saturated heterocycles. The molecule has 0 aromatic rings. The Labute approximate surface area is 93.6 Å². The zero-order valence-electron chi connectivity index (χ0n) is 9.01. The standard InChI is InChI=1S/C12H12N2O2/c1-12(15-6-7-16-12)9-4-2-3-5-10-11(9)14-8-13-10/h2-5,8H,6-7H2,1H3. The fourth-order valence-electron chi connectivity index (χ4n) is 2.02. The van der Waals surface area contributed by atoms with E-state index in [0.717, 1.165) is 17.0 Å². The number of hydrogen-bond donors (Lipinski definition) is 0. The first-order valence-corrected chi connectivity index (χ1v) is 5.28. The van der Waals surface area contributed by atoms with Crippen molar-refractivity contribution in [2.45, 2.75) is 12.7 Å². The minimum Gasteiger partial charge on any atom is -0.344 e. The van der Waals surface area contributed by atoms with Crippen LogP contribution in [0.25, 0.3) is 11.4 Å². The van der Waals surface area contributed by atoms with Crippen molar-refractivity contribution in [3.05, 3.63) is 36.2 Å². The van der Waals surface area contributed by atoms with Crippen LogP contribution in [0.5, 0.6) is 0 Å². The van der Waals surface area contributed by atoms with Crippen LogP contribution in [0.15, 0.2) is 30.6 Å². The molecule has 1 fully saturated rings. The first-order valence-electron chi connectivity index (χ1n) is 5.28. The van der Waals surface area contributed by atoms with Crippen LogP contribution in [0.1, 0.15) is 12.5 Å². The number of fused-ring (bicyclic) bond motifs is 1. The summed E-state index contributed by atoms with van der Waals surface area (Å²) in [6.07, 6.45) is 1.56. The van der Waals surface area contributed by atoms with Crippen LogP contribution in [0.4, 0.5) is 0 Å². The first kappa shape index (κ1) is 9.69. The van der Waals surface area contributed by atoms with Crippen molar-refractivity contribution >= 4 is 0 Å². The lowest BCUT2D eigenvalue weighted by atomic mass is 10.1. The molecule has 4 heteroatoms. The SMILES string of the molecule is CC1(c2ccccc3ncnc2-3)OCCO1. The van der Waals surface area contributed by atoms with Crippen molar-refractivity contribution in [1.82, 2.24) is 9.97 Å². The number of nitrogens with zero attached hydrogens (tertiary/aromatic N) is 2. The maximum Gasteiger partial charge on any atom is 0.194 e. The van der Waals surface area contributed by atoms with Gasteiger partial charge in [-0.05, 0) is 13.0 Å². The molecule has 0 amide bonds. The molecule has 0 N–H and O–H groups in total. The number of ether oxygens (including phenoxy) is 2. The summed E-state index contributed by atoms with van der Waals surface area (Å²) in [4.78, 5) is 8.48. The zero-order valence-corrected chi connectivity index (χ0v) is 9.01. The molecule has 0 aromatic carbocycles. The largest absolute Gasteiger partial charge is 0.344 e. The second-order valence-corrected chi connectivity index (χ2v) is 3.88. The quantitative estimate of drug-likeness (QED) is 0.729. The highest BCUT2D eigenvalue weighted by Crippen LogP contribution is 2.35. The molecule has 3 aliphatic rings. The van der Waals surface area contributed by atoms with E-state index in [1.165, 1.54) is 0 Å². The first-order chi connectivity index (χ1) is 7.80. The molecule has 16 heavy (non-hydrogen) atoms. The van der Waals surface area contributed by atoms with Gasteiger partial charge in [-0.1, -0.05) is 18.2 Å². The number of rotatable bonds is 1. The van der Waals surface area contributed by atoms with Crippen molar-refractivity contribution in [2.24, 2.45) is 0 Å². The fourth-order valence-corrected chi connectivity index (χ4v) is 2.02. The van der Waals surface area contributed by atoms with E-state index in [2.05, 4.69) is 9.97 Å². The Hall–Kier alpha value is -1.52. The van der Waals surface area contributed by atoms with E-state index in [4.69, 9.17) is 9.47 Å². The normalized spacial score (nSPS) is 19.1. The van der Waals surface area contributed by atoms with Crippen molar-refractivity contribution in [1.29, 1.82) is 0 Å². The van der Waals surface area contributed by atoms with Gasteiger partial charge in [0.05, 0.1) is 24.6 Å². The lowest BCUT2D eigenvalue weighted by Gasteiger charge is -2.22. The van der Waals surface area contributed by atoms with Gasteiger partial charge in [-0.3, -0.25) is 0 Å². The van der Waals surface area contributed by atoms with E-state index >= 15 is 0 Å². The van der Waals surface area contributed by atoms with Gasteiger partial charge in [0.2, 0.25) is 0 Å². The summed E-state index contributed by atoms with van der Waals surface area (Å²) in [5.41, 5.74) is 2.64. The van der Waals surface area contributed by atoms with E-state index in [1.807, 2.05) is 31.2 Å². The summed E-state index contributed by atoms with van der Waals surface area (Å²) >= 11 is 0. The van der Waals surface area contributed by atoms with Gasteiger partial charge in [0.15, 0.2) is 5.79 Å². The lowest BCUT2D eigenvalue weighted by molar-refractivity contribution is -0.149. The molecule has 0 saturated carbocycles. The van der Waals surface area contributed by atoms with Crippen molar-refractivity contribution in [2.75, 3.05) is 13.2 Å². The number of hydrogen-bond acceptors (Lipinski definition) is 4. The summed E-state index contributed by atoms with van der Waals surface area (Å²) in [6.45, 7) is 3.15. The van der Waals surface area contributed by atoms with Crippen molar-refractivity contribution in [3.8, 4) is 11.4 Å². The van der Waals surface area contributed by atoms with Crippen LogP contribution in [-0.4, -0.2) is 23.2 Å². The van der Waals surface area contributed by atoms with Gasteiger partial charge in [-0.25, -0.2) is 9.97 Å². The third-order valence-electron chi connectivity index (χ3n) is 2.84. The Morgan fingerprint density at radius 1 is 1.12 bits per heavy atom. The summed E-state index contributed by atoms with van der Waals surface area (Å²) in [5.74, 6) is -0.694. The van der Waals surface area contributed by atoms with Crippen LogP contribution in [0, 0.1) is 0 Å². The van der Waals surface area contributed by atoms with E-state index in [0.29, 0.717) is 13.2 Å². The molecule has 1 aliphatic carbocycles. The molecule has 0 spiro atoms. The third-order valence-corrected chi connectivity index (χ3v) is 2.84. The Balaban J connectivity index is 2.18. The Bertz CT molecular complexity index is 480. The average molecular weight is 216 g/mol. The molecule has 0 atom stereocenters. The maximum atomic E-state index is 5.66. The Kier molecular flexibility index (Phi) is 2.12. The summed E-state index contributed by atoms with van der Waals surface area (Å²) < 4.78 is 11.3. The molecule has 2 aliphatic heterocycles. The Morgan fingerprint density at radius 2 is 1.88 bits per heavy atom. The minimum atomic E-state index is -0.694. The topological polar surface area (TPSA) is 44.2 Å². The molecule has 0 bridgehead atoms.